The second-order valence-corrected chi connectivity index (χ2v) is 5.35. The number of rotatable bonds is 6. The molecule has 110 valence electrons. The minimum absolute atomic E-state index is 0.114. The summed E-state index contributed by atoms with van der Waals surface area (Å²) in [5.74, 6) is 0.114. The zero-order valence-electron chi connectivity index (χ0n) is 11.6. The molecule has 2 heterocycles. The summed E-state index contributed by atoms with van der Waals surface area (Å²) in [6.07, 6.45) is 2.41. The number of ether oxygens (including phenoxy) is 1. The van der Waals surface area contributed by atoms with Crippen LogP contribution in [0.15, 0.2) is 0 Å². The quantitative estimate of drug-likeness (QED) is 0.638. The van der Waals surface area contributed by atoms with Gasteiger partial charge in [0, 0.05) is 52.4 Å². The molecule has 2 aliphatic rings. The summed E-state index contributed by atoms with van der Waals surface area (Å²) in [5.41, 5.74) is 5.54. The molecule has 0 aromatic rings. The smallest absolute Gasteiger partial charge is 0.234 e. The molecule has 3 N–H and O–H groups in total. The summed E-state index contributed by atoms with van der Waals surface area (Å²) in [6, 6.07) is 0. The summed E-state index contributed by atoms with van der Waals surface area (Å²) >= 11 is 0. The molecule has 2 fully saturated rings. The monoisotopic (exact) mass is 270 g/mol. The Labute approximate surface area is 115 Å². The fourth-order valence-corrected chi connectivity index (χ4v) is 2.65. The Morgan fingerprint density at radius 2 is 2.00 bits per heavy atom. The third kappa shape index (κ3) is 5.06. The molecule has 19 heavy (non-hydrogen) atoms. The molecular weight excluding hydrogens is 244 g/mol. The highest BCUT2D eigenvalue weighted by atomic mass is 16.5. The molecule has 6 nitrogen and oxygen atoms in total. The van der Waals surface area contributed by atoms with E-state index in [1.807, 2.05) is 0 Å². The highest BCUT2D eigenvalue weighted by Gasteiger charge is 2.20. The van der Waals surface area contributed by atoms with Crippen molar-refractivity contribution in [2.24, 2.45) is 5.73 Å². The predicted octanol–water partition coefficient (Wildman–Crippen LogP) is -1.14. The minimum atomic E-state index is 0.114. The van der Waals surface area contributed by atoms with E-state index in [1.54, 1.807) is 0 Å². The normalized spacial score (nSPS) is 25.6. The molecule has 1 amide bonds. The molecule has 6 heteroatoms. The molecule has 2 rings (SSSR count). The lowest BCUT2D eigenvalue weighted by atomic mass is 10.2. The van der Waals surface area contributed by atoms with E-state index in [-0.39, 0.29) is 12.0 Å². The first-order valence-corrected chi connectivity index (χ1v) is 7.31. The average Bonchev–Trinajstić information content (AvgIpc) is 2.92. The first kappa shape index (κ1) is 14.7. The third-order valence-corrected chi connectivity index (χ3v) is 3.83. The van der Waals surface area contributed by atoms with Crippen LogP contribution in [0.4, 0.5) is 0 Å². The van der Waals surface area contributed by atoms with Gasteiger partial charge in [-0.2, -0.15) is 0 Å². The molecule has 0 aliphatic carbocycles. The topological polar surface area (TPSA) is 70.8 Å². The predicted molar refractivity (Wildman–Crippen MR) is 73.9 cm³/mol. The molecule has 0 bridgehead atoms. The highest BCUT2D eigenvalue weighted by Crippen LogP contribution is 2.10. The van der Waals surface area contributed by atoms with E-state index in [2.05, 4.69) is 15.1 Å². The van der Waals surface area contributed by atoms with Crippen molar-refractivity contribution in [1.29, 1.82) is 0 Å². The first-order chi connectivity index (χ1) is 9.28. The SMILES string of the molecule is NCCN1CCN(CC(=O)NCC2CCCO2)CC1. The van der Waals surface area contributed by atoms with Crippen LogP contribution in [0.3, 0.4) is 0 Å². The second-order valence-electron chi connectivity index (χ2n) is 5.35. The maximum absolute atomic E-state index is 11.8. The molecule has 0 aromatic heterocycles. The van der Waals surface area contributed by atoms with Crippen LogP contribution in [-0.4, -0.2) is 80.8 Å². The molecule has 0 radical (unpaired) electrons. The van der Waals surface area contributed by atoms with Crippen molar-refractivity contribution in [3.05, 3.63) is 0 Å². The van der Waals surface area contributed by atoms with Crippen LogP contribution in [0.25, 0.3) is 0 Å². The Bertz CT molecular complexity index is 274. The van der Waals surface area contributed by atoms with E-state index in [9.17, 15) is 4.79 Å². The second kappa shape index (κ2) is 7.79. The van der Waals surface area contributed by atoms with Gasteiger partial charge in [-0.3, -0.25) is 14.6 Å². The van der Waals surface area contributed by atoms with Crippen molar-refractivity contribution < 1.29 is 9.53 Å². The summed E-state index contributed by atoms with van der Waals surface area (Å²) in [6.45, 7) is 7.59. The molecule has 1 unspecified atom stereocenters. The lowest BCUT2D eigenvalue weighted by Gasteiger charge is -2.34. The van der Waals surface area contributed by atoms with Gasteiger partial charge in [0.2, 0.25) is 5.91 Å². The number of nitrogens with two attached hydrogens (primary N) is 1. The zero-order valence-corrected chi connectivity index (χ0v) is 11.6. The molecule has 2 aliphatic heterocycles. The molecule has 0 saturated carbocycles. The Hall–Kier alpha value is -0.690. The van der Waals surface area contributed by atoms with Gasteiger partial charge in [0.05, 0.1) is 12.6 Å². The van der Waals surface area contributed by atoms with E-state index in [1.165, 1.54) is 0 Å². The molecule has 1 atom stereocenters. The van der Waals surface area contributed by atoms with Crippen LogP contribution in [0.2, 0.25) is 0 Å². The number of hydrogen-bond acceptors (Lipinski definition) is 5. The number of carbonyl (C=O) groups is 1. The summed E-state index contributed by atoms with van der Waals surface area (Å²) in [4.78, 5) is 16.4. The fraction of sp³-hybridized carbons (Fsp3) is 0.923. The maximum Gasteiger partial charge on any atom is 0.234 e. The van der Waals surface area contributed by atoms with Gasteiger partial charge in [0.1, 0.15) is 0 Å². The van der Waals surface area contributed by atoms with Gasteiger partial charge in [-0.1, -0.05) is 0 Å². The third-order valence-electron chi connectivity index (χ3n) is 3.83. The van der Waals surface area contributed by atoms with E-state index in [0.29, 0.717) is 19.6 Å². The number of amides is 1. The van der Waals surface area contributed by atoms with E-state index in [0.717, 1.165) is 52.2 Å². The zero-order chi connectivity index (χ0) is 13.5. The Morgan fingerprint density at radius 1 is 1.26 bits per heavy atom. The minimum Gasteiger partial charge on any atom is -0.376 e. The Balaban J connectivity index is 1.58. The lowest BCUT2D eigenvalue weighted by Crippen LogP contribution is -2.50. The van der Waals surface area contributed by atoms with Gasteiger partial charge in [-0.25, -0.2) is 0 Å². The first-order valence-electron chi connectivity index (χ1n) is 7.31. The van der Waals surface area contributed by atoms with E-state index in [4.69, 9.17) is 10.5 Å². The van der Waals surface area contributed by atoms with Crippen LogP contribution < -0.4 is 11.1 Å². The number of nitrogens with zero attached hydrogens (tertiary/aromatic N) is 2. The number of hydrogen-bond donors (Lipinski definition) is 2. The van der Waals surface area contributed by atoms with Gasteiger partial charge < -0.3 is 15.8 Å². The van der Waals surface area contributed by atoms with Crippen LogP contribution in [-0.2, 0) is 9.53 Å². The van der Waals surface area contributed by atoms with Crippen LogP contribution in [0.5, 0.6) is 0 Å². The van der Waals surface area contributed by atoms with Gasteiger partial charge in [0.25, 0.3) is 0 Å². The van der Waals surface area contributed by atoms with Gasteiger partial charge in [-0.05, 0) is 12.8 Å². The molecule has 0 spiro atoms. The molecular formula is C13H26N4O2. The standard InChI is InChI=1S/C13H26N4O2/c14-3-4-16-5-7-17(8-6-16)11-13(18)15-10-12-2-1-9-19-12/h12H,1-11,14H2,(H,15,18). The highest BCUT2D eigenvalue weighted by molar-refractivity contribution is 5.78. The summed E-state index contributed by atoms with van der Waals surface area (Å²) < 4.78 is 5.49. The largest absolute Gasteiger partial charge is 0.376 e. The van der Waals surface area contributed by atoms with Crippen molar-refractivity contribution in [1.82, 2.24) is 15.1 Å². The summed E-state index contributed by atoms with van der Waals surface area (Å²) in [5, 5.41) is 2.97. The van der Waals surface area contributed by atoms with Crippen molar-refractivity contribution in [3.8, 4) is 0 Å². The van der Waals surface area contributed by atoms with E-state index >= 15 is 0 Å². The number of carbonyl (C=O) groups excluding carboxylic acids is 1. The van der Waals surface area contributed by atoms with Gasteiger partial charge >= 0.3 is 0 Å². The summed E-state index contributed by atoms with van der Waals surface area (Å²) in [7, 11) is 0. The van der Waals surface area contributed by atoms with Gasteiger partial charge in [0.15, 0.2) is 0 Å². The lowest BCUT2D eigenvalue weighted by molar-refractivity contribution is -0.123. The Morgan fingerprint density at radius 3 is 2.63 bits per heavy atom. The number of piperazine rings is 1. The van der Waals surface area contributed by atoms with Crippen molar-refractivity contribution in [2.45, 2.75) is 18.9 Å². The van der Waals surface area contributed by atoms with Crippen molar-refractivity contribution in [3.63, 3.8) is 0 Å². The molecule has 2 saturated heterocycles. The number of nitrogens with one attached hydrogen (secondary N) is 1. The van der Waals surface area contributed by atoms with Crippen LogP contribution in [0.1, 0.15) is 12.8 Å². The average molecular weight is 270 g/mol. The van der Waals surface area contributed by atoms with Crippen LogP contribution >= 0.6 is 0 Å². The van der Waals surface area contributed by atoms with Gasteiger partial charge in [-0.15, -0.1) is 0 Å². The Kier molecular flexibility index (Phi) is 6.03. The van der Waals surface area contributed by atoms with Crippen molar-refractivity contribution in [2.75, 3.05) is 59.0 Å². The molecule has 0 aromatic carbocycles. The maximum atomic E-state index is 11.8. The van der Waals surface area contributed by atoms with E-state index < -0.39 is 0 Å². The van der Waals surface area contributed by atoms with Crippen LogP contribution in [0, 0.1) is 0 Å². The van der Waals surface area contributed by atoms with Crippen molar-refractivity contribution >= 4 is 5.91 Å². The fourth-order valence-electron chi connectivity index (χ4n) is 2.65.